The van der Waals surface area contributed by atoms with E-state index in [1.54, 1.807) is 0 Å². The number of hydrogen-bond acceptors (Lipinski definition) is 3. The molecular weight excluding hydrogens is 971 g/mol. The summed E-state index contributed by atoms with van der Waals surface area (Å²) in [7, 11) is 0. The van der Waals surface area contributed by atoms with Crippen LogP contribution in [0.1, 0.15) is 27.8 Å². The first-order chi connectivity index (χ1) is 39.3. The molecule has 3 heterocycles. The van der Waals surface area contributed by atoms with E-state index in [-0.39, 0.29) is 0 Å². The molecule has 3 aromatic heterocycles. The number of fused-ring (bicyclic) bond motifs is 6. The Kier molecular flexibility index (Phi) is 11.7. The SMILES string of the molecule is Cc1ccccc1-c1ccc2c(c1)c1cc(-c3ccccc3C)ccc1n2-c1cc(-c2nc(-c3ccccc3)cc(-c3ccccc3)n2)c(-n2c3ccc(-c4ccccc4C)cc3c3cc(-c4ccccc4C)ccc32)cc1C#N. The summed E-state index contributed by atoms with van der Waals surface area (Å²) in [6.45, 7) is 8.69. The molecule has 14 aromatic rings. The highest BCUT2D eigenvalue weighted by Crippen LogP contribution is 2.44. The minimum absolute atomic E-state index is 0.513. The number of aryl methyl sites for hydroxylation is 4. The Morgan fingerprint density at radius 1 is 0.300 bits per heavy atom. The van der Waals surface area contributed by atoms with E-state index in [1.807, 2.05) is 12.1 Å². The standard InChI is InChI=1S/C75H53N5/c1-47-19-11-15-27-58(47)53-31-35-69-62(39-53)63-40-54(59-28-16-12-20-48(59)2)32-36-70(63)79(69)73-44-66(75-77-67(51-23-7-5-8-24-51)45-68(78-75)52-25-9-6-10-26-52)74(43-57(73)46-76)80-71-37-33-55(60-29-17-13-21-49(60)3)41-64(71)65-42-56(34-38-72(65)80)61-30-18-14-22-50(61)4/h5-45H,1-4H3. The normalized spacial score (nSPS) is 11.5. The minimum atomic E-state index is 0.513. The van der Waals surface area contributed by atoms with E-state index in [9.17, 15) is 5.26 Å². The van der Waals surface area contributed by atoms with Crippen LogP contribution in [0.25, 0.3) is 133 Å². The lowest BCUT2D eigenvalue weighted by atomic mass is 9.97. The molecule has 11 aromatic carbocycles. The molecule has 0 aliphatic heterocycles. The van der Waals surface area contributed by atoms with Crippen LogP contribution >= 0.6 is 0 Å². The van der Waals surface area contributed by atoms with Crippen LogP contribution < -0.4 is 0 Å². The summed E-state index contributed by atoms with van der Waals surface area (Å²) in [5.41, 5.74) is 24.5. The van der Waals surface area contributed by atoms with E-state index in [2.05, 4.69) is 279 Å². The zero-order chi connectivity index (χ0) is 54.0. The Morgan fingerprint density at radius 3 is 0.963 bits per heavy atom. The summed E-state index contributed by atoms with van der Waals surface area (Å²) in [5, 5.41) is 16.2. The van der Waals surface area contributed by atoms with Gasteiger partial charge in [-0.25, -0.2) is 9.97 Å². The number of nitriles is 1. The third-order valence-electron chi connectivity index (χ3n) is 16.2. The number of benzene rings is 11. The third-order valence-corrected chi connectivity index (χ3v) is 16.2. The van der Waals surface area contributed by atoms with Gasteiger partial charge in [-0.05, 0) is 161 Å². The molecule has 0 saturated heterocycles. The molecule has 378 valence electrons. The smallest absolute Gasteiger partial charge is 0.162 e. The van der Waals surface area contributed by atoms with Gasteiger partial charge in [-0.1, -0.05) is 182 Å². The molecular formula is C75H53N5. The van der Waals surface area contributed by atoms with Crippen LogP contribution in [0.4, 0.5) is 0 Å². The lowest BCUT2D eigenvalue weighted by Crippen LogP contribution is -2.06. The summed E-state index contributed by atoms with van der Waals surface area (Å²) in [6, 6.07) is 91.3. The van der Waals surface area contributed by atoms with E-state index < -0.39 is 0 Å². The molecule has 0 unspecified atom stereocenters. The van der Waals surface area contributed by atoms with E-state index in [0.29, 0.717) is 11.4 Å². The molecule has 14 rings (SSSR count). The number of rotatable bonds is 9. The molecule has 5 nitrogen and oxygen atoms in total. The molecule has 80 heavy (non-hydrogen) atoms. The molecule has 0 amide bonds. The van der Waals surface area contributed by atoms with Crippen LogP contribution in [0.15, 0.2) is 249 Å². The molecule has 0 bridgehead atoms. The Morgan fingerprint density at radius 2 is 0.625 bits per heavy atom. The average molecular weight is 1020 g/mol. The highest BCUT2D eigenvalue weighted by Gasteiger charge is 2.25. The second-order valence-corrected chi connectivity index (χ2v) is 21.1. The summed E-state index contributed by atoms with van der Waals surface area (Å²) in [5.74, 6) is 0.540. The van der Waals surface area contributed by atoms with E-state index in [0.717, 1.165) is 105 Å². The van der Waals surface area contributed by atoms with Gasteiger partial charge >= 0.3 is 0 Å². The minimum Gasteiger partial charge on any atom is -0.308 e. The van der Waals surface area contributed by atoms with Crippen molar-refractivity contribution in [3.63, 3.8) is 0 Å². The molecule has 0 saturated carbocycles. The molecule has 0 fully saturated rings. The van der Waals surface area contributed by atoms with Crippen LogP contribution in [-0.4, -0.2) is 19.1 Å². The summed E-state index contributed by atoms with van der Waals surface area (Å²) in [4.78, 5) is 11.1. The van der Waals surface area contributed by atoms with Crippen LogP contribution in [0.3, 0.4) is 0 Å². The maximum absolute atomic E-state index is 11.8. The van der Waals surface area contributed by atoms with Gasteiger partial charge in [-0.2, -0.15) is 5.26 Å². The Labute approximate surface area is 465 Å². The molecule has 0 aliphatic carbocycles. The molecule has 0 radical (unpaired) electrons. The van der Waals surface area contributed by atoms with Crippen molar-refractivity contribution in [1.29, 1.82) is 5.26 Å². The second kappa shape index (κ2) is 19.6. The van der Waals surface area contributed by atoms with Gasteiger partial charge in [0.15, 0.2) is 5.82 Å². The molecule has 0 aliphatic rings. The zero-order valence-electron chi connectivity index (χ0n) is 44.9. The first-order valence-electron chi connectivity index (χ1n) is 27.3. The van der Waals surface area contributed by atoms with Crippen molar-refractivity contribution in [2.45, 2.75) is 27.7 Å². The molecule has 5 heteroatoms. The molecule has 0 atom stereocenters. The highest BCUT2D eigenvalue weighted by molar-refractivity contribution is 6.14. The number of aromatic nitrogens is 4. The number of hydrogen-bond donors (Lipinski definition) is 0. The quantitative estimate of drug-likeness (QED) is 0.145. The third kappa shape index (κ3) is 8.16. The lowest BCUT2D eigenvalue weighted by molar-refractivity contribution is 1.11. The summed E-state index contributed by atoms with van der Waals surface area (Å²) in [6.07, 6.45) is 0. The van der Waals surface area contributed by atoms with Gasteiger partial charge in [0.25, 0.3) is 0 Å². The van der Waals surface area contributed by atoms with Gasteiger partial charge in [0.05, 0.1) is 50.4 Å². The van der Waals surface area contributed by atoms with E-state index >= 15 is 0 Å². The van der Waals surface area contributed by atoms with Crippen molar-refractivity contribution in [2.75, 3.05) is 0 Å². The van der Waals surface area contributed by atoms with Crippen LogP contribution in [0.5, 0.6) is 0 Å². The van der Waals surface area contributed by atoms with Crippen LogP contribution in [0, 0.1) is 39.0 Å². The predicted octanol–water partition coefficient (Wildman–Crippen LogP) is 19.4. The maximum atomic E-state index is 11.8. The summed E-state index contributed by atoms with van der Waals surface area (Å²) >= 11 is 0. The second-order valence-electron chi connectivity index (χ2n) is 21.1. The molecule has 0 N–H and O–H groups in total. The fourth-order valence-electron chi connectivity index (χ4n) is 12.1. The van der Waals surface area contributed by atoms with Crippen molar-refractivity contribution >= 4 is 43.6 Å². The zero-order valence-corrected chi connectivity index (χ0v) is 44.9. The van der Waals surface area contributed by atoms with Gasteiger partial charge in [0, 0.05) is 38.2 Å². The van der Waals surface area contributed by atoms with E-state index in [4.69, 9.17) is 9.97 Å². The lowest BCUT2D eigenvalue weighted by Gasteiger charge is -2.19. The Hall–Kier alpha value is -10.4. The first kappa shape index (κ1) is 48.0. The molecule has 0 spiro atoms. The fourth-order valence-corrected chi connectivity index (χ4v) is 12.1. The largest absolute Gasteiger partial charge is 0.308 e. The Bertz CT molecular complexity index is 4560. The van der Waals surface area contributed by atoms with Crippen molar-refractivity contribution in [2.24, 2.45) is 0 Å². The van der Waals surface area contributed by atoms with Gasteiger partial charge in [-0.3, -0.25) is 0 Å². The fraction of sp³-hybridized carbons (Fsp3) is 0.0533. The van der Waals surface area contributed by atoms with Gasteiger partial charge in [0.2, 0.25) is 0 Å². The topological polar surface area (TPSA) is 59.4 Å². The van der Waals surface area contributed by atoms with Crippen molar-refractivity contribution in [3.8, 4) is 95.9 Å². The Balaban J connectivity index is 1.10. The van der Waals surface area contributed by atoms with Crippen LogP contribution in [-0.2, 0) is 0 Å². The summed E-state index contributed by atoms with van der Waals surface area (Å²) < 4.78 is 4.62. The van der Waals surface area contributed by atoms with Crippen molar-refractivity contribution < 1.29 is 0 Å². The predicted molar refractivity (Wildman–Crippen MR) is 332 cm³/mol. The van der Waals surface area contributed by atoms with Crippen molar-refractivity contribution in [3.05, 3.63) is 277 Å². The van der Waals surface area contributed by atoms with E-state index in [1.165, 1.54) is 44.5 Å². The first-order valence-corrected chi connectivity index (χ1v) is 27.3. The van der Waals surface area contributed by atoms with Gasteiger partial charge in [0.1, 0.15) is 6.07 Å². The maximum Gasteiger partial charge on any atom is 0.162 e. The average Bonchev–Trinajstić information content (AvgIpc) is 4.17. The van der Waals surface area contributed by atoms with Gasteiger partial charge in [-0.15, -0.1) is 0 Å². The monoisotopic (exact) mass is 1020 g/mol. The van der Waals surface area contributed by atoms with Gasteiger partial charge < -0.3 is 9.13 Å². The van der Waals surface area contributed by atoms with Crippen molar-refractivity contribution in [1.82, 2.24) is 19.1 Å². The van der Waals surface area contributed by atoms with Crippen LogP contribution in [0.2, 0.25) is 0 Å². The highest BCUT2D eigenvalue weighted by atomic mass is 15.0. The number of nitrogens with zero attached hydrogens (tertiary/aromatic N) is 5.